The van der Waals surface area contributed by atoms with Gasteiger partial charge in [-0.25, -0.2) is 26.3 Å². The smallest absolute Gasteiger partial charge is 0.283 e. The molecule has 10 heteroatoms. The van der Waals surface area contributed by atoms with Gasteiger partial charge in [-0.1, -0.05) is 30.3 Å². The molecule has 8 nitrogen and oxygen atoms in total. The van der Waals surface area contributed by atoms with E-state index in [0.29, 0.717) is 9.82 Å². The third-order valence-electron chi connectivity index (χ3n) is 3.84. The molecule has 0 spiro atoms. The molecule has 1 heterocycles. The number of aromatic nitrogens is 1. The van der Waals surface area contributed by atoms with Gasteiger partial charge in [0.25, 0.3) is 15.9 Å². The van der Waals surface area contributed by atoms with Gasteiger partial charge in [-0.3, -0.25) is 4.79 Å². The second-order valence-electron chi connectivity index (χ2n) is 5.54. The Morgan fingerprint density at radius 1 is 0.962 bits per heavy atom. The van der Waals surface area contributed by atoms with Crippen LogP contribution in [0.5, 0.6) is 0 Å². The Morgan fingerprint density at radius 3 is 2.15 bits per heavy atom. The van der Waals surface area contributed by atoms with E-state index in [0.717, 1.165) is 24.6 Å². The molecule has 3 rings (SSSR count). The van der Waals surface area contributed by atoms with Crippen LogP contribution in [0, 0.1) is 0 Å². The van der Waals surface area contributed by atoms with Crippen molar-refractivity contribution in [3.63, 3.8) is 0 Å². The molecule has 0 saturated heterocycles. The third kappa shape index (κ3) is 3.09. The molecule has 0 radical (unpaired) electrons. The predicted molar refractivity (Wildman–Crippen MR) is 95.4 cm³/mol. The lowest BCUT2D eigenvalue weighted by molar-refractivity contribution is 0.0878. The van der Waals surface area contributed by atoms with Crippen LogP contribution in [0.4, 0.5) is 0 Å². The molecule has 0 bridgehead atoms. The number of amides is 1. The summed E-state index contributed by atoms with van der Waals surface area (Å²) in [5.74, 6) is -0.828. The summed E-state index contributed by atoms with van der Waals surface area (Å²) in [6.07, 6.45) is 0. The molecule has 26 heavy (non-hydrogen) atoms. The van der Waals surface area contributed by atoms with Crippen LogP contribution in [-0.4, -0.2) is 39.1 Å². The lowest BCUT2D eigenvalue weighted by atomic mass is 10.2. The first-order valence-corrected chi connectivity index (χ1v) is 10.3. The van der Waals surface area contributed by atoms with Crippen molar-refractivity contribution in [1.82, 2.24) is 9.29 Å². The van der Waals surface area contributed by atoms with Gasteiger partial charge in [0, 0.05) is 18.0 Å². The van der Waals surface area contributed by atoms with Gasteiger partial charge in [-0.2, -0.15) is 0 Å². The lowest BCUT2D eigenvalue weighted by Gasteiger charge is -2.18. The first-order valence-electron chi connectivity index (χ1n) is 7.35. The van der Waals surface area contributed by atoms with E-state index in [1.807, 2.05) is 0 Å². The van der Waals surface area contributed by atoms with Crippen LogP contribution in [0.25, 0.3) is 10.9 Å². The summed E-state index contributed by atoms with van der Waals surface area (Å²) in [5.41, 5.74) is 0.733. The molecule has 2 aromatic carbocycles. The van der Waals surface area contributed by atoms with E-state index in [4.69, 9.17) is 5.14 Å². The minimum Gasteiger partial charge on any atom is -0.350 e. The molecule has 0 aliphatic carbocycles. The highest BCUT2D eigenvalue weighted by atomic mass is 32.2. The molecule has 1 amide bonds. The van der Waals surface area contributed by atoms with Crippen LogP contribution < -0.4 is 5.14 Å². The van der Waals surface area contributed by atoms with Crippen LogP contribution in [-0.2, 0) is 20.0 Å². The summed E-state index contributed by atoms with van der Waals surface area (Å²) in [5, 5.41) is 5.83. The van der Waals surface area contributed by atoms with Crippen molar-refractivity contribution in [2.24, 2.45) is 5.14 Å². The number of carbonyl (C=O) groups excluding carboxylic acids is 1. The Balaban J connectivity index is 2.06. The SMILES string of the molecule is CN(C(=O)c1cc2ccccc2[nH]1)S(=O)(=O)c1ccccc1S(N)(=O)=O. The number of benzene rings is 2. The van der Waals surface area contributed by atoms with Crippen LogP contribution >= 0.6 is 0 Å². The molecule has 0 aliphatic heterocycles. The average molecular weight is 393 g/mol. The summed E-state index contributed by atoms with van der Waals surface area (Å²) in [6, 6.07) is 13.5. The van der Waals surface area contributed by atoms with Gasteiger partial charge in [-0.15, -0.1) is 0 Å². The molecule has 136 valence electrons. The molecule has 3 aromatic rings. The fourth-order valence-corrected chi connectivity index (χ4v) is 4.98. The maximum Gasteiger partial charge on any atom is 0.283 e. The summed E-state index contributed by atoms with van der Waals surface area (Å²) in [6.45, 7) is 0. The minimum atomic E-state index is -4.43. The number of primary sulfonamides is 1. The van der Waals surface area contributed by atoms with E-state index >= 15 is 0 Å². The van der Waals surface area contributed by atoms with Gasteiger partial charge in [-0.05, 0) is 24.3 Å². The average Bonchev–Trinajstić information content (AvgIpc) is 3.03. The number of rotatable bonds is 4. The van der Waals surface area contributed by atoms with E-state index in [1.54, 1.807) is 24.3 Å². The van der Waals surface area contributed by atoms with E-state index in [-0.39, 0.29) is 5.69 Å². The zero-order chi connectivity index (χ0) is 19.1. The number of sulfonamides is 2. The molecular formula is C16H15N3O5S2. The summed E-state index contributed by atoms with van der Waals surface area (Å²) >= 11 is 0. The number of aromatic amines is 1. The third-order valence-corrected chi connectivity index (χ3v) is 6.74. The standard InChI is InChI=1S/C16H15N3O5S2/c1-19(16(20)13-10-11-6-2-3-7-12(11)18-13)26(23,24)15-9-5-4-8-14(15)25(17,21)22/h2-10,18H,1H3,(H2,17,21,22). The van der Waals surface area contributed by atoms with Crippen molar-refractivity contribution in [1.29, 1.82) is 0 Å². The Kier molecular flexibility index (Phi) is 4.34. The van der Waals surface area contributed by atoms with E-state index in [1.165, 1.54) is 18.2 Å². The number of carbonyl (C=O) groups is 1. The van der Waals surface area contributed by atoms with Crippen LogP contribution in [0.3, 0.4) is 0 Å². The maximum atomic E-state index is 12.8. The molecule has 0 saturated carbocycles. The quantitative estimate of drug-likeness (QED) is 0.689. The fourth-order valence-electron chi connectivity index (χ4n) is 2.51. The summed E-state index contributed by atoms with van der Waals surface area (Å²) in [4.78, 5) is 14.3. The zero-order valence-corrected chi connectivity index (χ0v) is 15.2. The first kappa shape index (κ1) is 18.1. The van der Waals surface area contributed by atoms with Gasteiger partial charge >= 0.3 is 0 Å². The largest absolute Gasteiger partial charge is 0.350 e. The number of nitrogens with one attached hydrogen (secondary N) is 1. The molecular weight excluding hydrogens is 378 g/mol. The predicted octanol–water partition coefficient (Wildman–Crippen LogP) is 1.28. The maximum absolute atomic E-state index is 12.8. The van der Waals surface area contributed by atoms with Crippen molar-refractivity contribution in [2.45, 2.75) is 9.79 Å². The molecule has 0 fully saturated rings. The van der Waals surface area contributed by atoms with Crippen LogP contribution in [0.1, 0.15) is 10.5 Å². The molecule has 0 aliphatic rings. The lowest BCUT2D eigenvalue weighted by Crippen LogP contribution is -2.34. The number of nitrogens with two attached hydrogens (primary N) is 1. The van der Waals surface area contributed by atoms with Crippen molar-refractivity contribution >= 4 is 36.9 Å². The molecule has 0 unspecified atom stereocenters. The highest BCUT2D eigenvalue weighted by molar-refractivity contribution is 7.92. The van der Waals surface area contributed by atoms with Crippen molar-refractivity contribution in [3.05, 3.63) is 60.3 Å². The second kappa shape index (κ2) is 6.24. The number of hydrogen-bond donors (Lipinski definition) is 2. The normalized spacial score (nSPS) is 12.2. The van der Waals surface area contributed by atoms with Gasteiger partial charge in [0.15, 0.2) is 0 Å². The zero-order valence-electron chi connectivity index (χ0n) is 13.6. The first-order chi connectivity index (χ1) is 12.1. The highest BCUT2D eigenvalue weighted by Crippen LogP contribution is 2.24. The topological polar surface area (TPSA) is 130 Å². The highest BCUT2D eigenvalue weighted by Gasteiger charge is 2.31. The number of para-hydroxylation sites is 1. The van der Waals surface area contributed by atoms with Crippen molar-refractivity contribution in [3.8, 4) is 0 Å². The monoisotopic (exact) mass is 393 g/mol. The fraction of sp³-hybridized carbons (Fsp3) is 0.0625. The van der Waals surface area contributed by atoms with Crippen LogP contribution in [0.2, 0.25) is 0 Å². The van der Waals surface area contributed by atoms with Gasteiger partial charge in [0.1, 0.15) is 15.5 Å². The van der Waals surface area contributed by atoms with Crippen molar-refractivity contribution in [2.75, 3.05) is 7.05 Å². The van der Waals surface area contributed by atoms with Gasteiger partial charge in [0.05, 0.1) is 0 Å². The summed E-state index contributed by atoms with van der Waals surface area (Å²) in [7, 11) is -7.66. The summed E-state index contributed by atoms with van der Waals surface area (Å²) < 4.78 is 49.5. The van der Waals surface area contributed by atoms with E-state index in [9.17, 15) is 21.6 Å². The number of fused-ring (bicyclic) bond motifs is 1. The number of H-pyrrole nitrogens is 1. The molecule has 0 atom stereocenters. The van der Waals surface area contributed by atoms with Crippen LogP contribution in [0.15, 0.2) is 64.4 Å². The van der Waals surface area contributed by atoms with Gasteiger partial charge in [0.2, 0.25) is 10.0 Å². The Bertz CT molecular complexity index is 1180. The second-order valence-corrected chi connectivity index (χ2v) is 9.01. The molecule has 3 N–H and O–H groups in total. The minimum absolute atomic E-state index is 0.0605. The molecule has 1 aromatic heterocycles. The van der Waals surface area contributed by atoms with E-state index < -0.39 is 35.7 Å². The van der Waals surface area contributed by atoms with E-state index in [2.05, 4.69) is 4.98 Å². The number of hydrogen-bond acceptors (Lipinski definition) is 5. The van der Waals surface area contributed by atoms with Crippen molar-refractivity contribution < 1.29 is 21.6 Å². The van der Waals surface area contributed by atoms with Gasteiger partial charge < -0.3 is 4.98 Å². The Morgan fingerprint density at radius 2 is 1.54 bits per heavy atom. The Labute approximate surface area is 150 Å². The number of nitrogens with zero attached hydrogens (tertiary/aromatic N) is 1. The Hall–Kier alpha value is -2.69.